The molecule has 0 aliphatic rings. The van der Waals surface area contributed by atoms with Crippen LogP contribution in [-0.4, -0.2) is 0 Å². The molecule has 0 heterocycles. The van der Waals surface area contributed by atoms with Crippen LogP contribution < -0.4 is 0 Å². The maximum absolute atomic E-state index is 9.58. The number of hydrogen-bond acceptors (Lipinski definition) is 0. The van der Waals surface area contributed by atoms with Crippen LogP contribution in [0.4, 0.5) is 13.2 Å². The molecule has 0 N–H and O–H groups in total. The van der Waals surface area contributed by atoms with Crippen LogP contribution in [0.25, 0.3) is 0 Å². The van der Waals surface area contributed by atoms with E-state index in [-0.39, 0.29) is 19.8 Å². The van der Waals surface area contributed by atoms with E-state index < -0.39 is 6.68 Å². The first-order valence-electron chi connectivity index (χ1n) is 0.567. The number of hydrogen-bond donors (Lipinski definition) is 0. The van der Waals surface area contributed by atoms with E-state index in [2.05, 4.69) is 0 Å². The molecule has 33 valence electrons. The Kier molecular flexibility index (Phi) is 8.02. The van der Waals surface area contributed by atoms with Crippen molar-refractivity contribution in [3.63, 3.8) is 0 Å². The second kappa shape index (κ2) is 4.43. The zero-order valence-electron chi connectivity index (χ0n) is 1.99. The van der Waals surface area contributed by atoms with Crippen molar-refractivity contribution in [3.8, 4) is 0 Å². The van der Waals surface area contributed by atoms with Gasteiger partial charge in [0.05, 0.1) is 0 Å². The SMILES string of the molecule is F[C-](F)F.[Os+]. The molecule has 0 unspecified atom stereocenters. The van der Waals surface area contributed by atoms with Gasteiger partial charge in [-0.05, 0) is 0 Å². The minimum atomic E-state index is -3.08. The normalized spacial score (nSPS) is 7.20. The van der Waals surface area contributed by atoms with Gasteiger partial charge in [0.1, 0.15) is 0 Å². The molecule has 5 heavy (non-hydrogen) atoms. The van der Waals surface area contributed by atoms with Crippen molar-refractivity contribution >= 4 is 0 Å². The molecule has 0 rings (SSSR count). The summed E-state index contributed by atoms with van der Waals surface area (Å²) < 4.78 is 28.8. The third-order valence-corrected chi connectivity index (χ3v) is 0. The van der Waals surface area contributed by atoms with Crippen molar-refractivity contribution in [1.82, 2.24) is 0 Å². The Morgan fingerprint density at radius 3 is 1.00 bits per heavy atom. The molecule has 0 bridgehead atoms. The summed E-state index contributed by atoms with van der Waals surface area (Å²) in [5, 5.41) is 0. The predicted molar refractivity (Wildman–Crippen MR) is 6.57 cm³/mol. The molecule has 0 aromatic carbocycles. The summed E-state index contributed by atoms with van der Waals surface area (Å²) in [6, 6.07) is 0. The summed E-state index contributed by atoms with van der Waals surface area (Å²) in [6.45, 7) is -3.08. The Bertz CT molecular complexity index is 11.6. The average molecular weight is 259 g/mol. The van der Waals surface area contributed by atoms with Crippen LogP contribution in [0.2, 0.25) is 0 Å². The van der Waals surface area contributed by atoms with E-state index >= 15 is 0 Å². The van der Waals surface area contributed by atoms with E-state index in [1.54, 1.807) is 0 Å². The van der Waals surface area contributed by atoms with Gasteiger partial charge in [-0.25, -0.2) is 0 Å². The Labute approximate surface area is 40.4 Å². The average Bonchev–Trinajstić information content (AvgIpc) is 0.811. The molecular weight excluding hydrogens is 259 g/mol. The topological polar surface area (TPSA) is 0 Å². The fourth-order valence-electron chi connectivity index (χ4n) is 0. The molecule has 0 aliphatic heterocycles. The molecule has 1 radical (unpaired) electrons. The summed E-state index contributed by atoms with van der Waals surface area (Å²) in [5.41, 5.74) is 0. The van der Waals surface area contributed by atoms with Crippen LogP contribution in [0.15, 0.2) is 0 Å². The van der Waals surface area contributed by atoms with Gasteiger partial charge in [0.15, 0.2) is 6.68 Å². The van der Waals surface area contributed by atoms with Crippen LogP contribution in [-0.2, 0) is 19.8 Å². The summed E-state index contributed by atoms with van der Waals surface area (Å²) in [5.74, 6) is 0. The third-order valence-electron chi connectivity index (χ3n) is 0. The molecule has 0 aromatic heterocycles. The molecule has 0 saturated heterocycles. The van der Waals surface area contributed by atoms with Gasteiger partial charge >= 0.3 is 19.8 Å². The second-order valence-electron chi connectivity index (χ2n) is 0.214. The molecule has 0 fully saturated rings. The largest absolute Gasteiger partial charge is 1.00 e. The van der Waals surface area contributed by atoms with E-state index in [0.717, 1.165) is 0 Å². The smallest absolute Gasteiger partial charge is 0.385 e. The molecule has 0 aromatic rings. The van der Waals surface area contributed by atoms with Crippen LogP contribution in [0.3, 0.4) is 0 Å². The number of halogens is 3. The third kappa shape index (κ3) is 143. The monoisotopic (exact) mass is 261 g/mol. The Morgan fingerprint density at radius 1 is 1.00 bits per heavy atom. The first-order valence-corrected chi connectivity index (χ1v) is 0.567. The molecular formula is CF3Os. The van der Waals surface area contributed by atoms with Crippen molar-refractivity contribution in [3.05, 3.63) is 6.68 Å². The van der Waals surface area contributed by atoms with Gasteiger partial charge in [0.2, 0.25) is 0 Å². The van der Waals surface area contributed by atoms with E-state index in [9.17, 15) is 13.2 Å². The first kappa shape index (κ1) is 9.06. The van der Waals surface area contributed by atoms with E-state index in [1.165, 1.54) is 0 Å². The van der Waals surface area contributed by atoms with Gasteiger partial charge in [-0.1, -0.05) is 0 Å². The van der Waals surface area contributed by atoms with Crippen molar-refractivity contribution in [2.75, 3.05) is 0 Å². The van der Waals surface area contributed by atoms with Crippen LogP contribution in [0, 0.1) is 6.68 Å². The Morgan fingerprint density at radius 2 is 1.00 bits per heavy atom. The van der Waals surface area contributed by atoms with Crippen LogP contribution in [0.1, 0.15) is 0 Å². The molecule has 0 amide bonds. The molecule has 0 saturated carbocycles. The summed E-state index contributed by atoms with van der Waals surface area (Å²) in [4.78, 5) is 0. The molecule has 0 nitrogen and oxygen atoms in total. The van der Waals surface area contributed by atoms with Gasteiger partial charge in [-0.2, -0.15) is 0 Å². The van der Waals surface area contributed by atoms with Crippen molar-refractivity contribution in [2.24, 2.45) is 0 Å². The summed E-state index contributed by atoms with van der Waals surface area (Å²) in [7, 11) is 0. The number of rotatable bonds is 0. The van der Waals surface area contributed by atoms with Gasteiger partial charge in [-0.15, -0.1) is 0 Å². The van der Waals surface area contributed by atoms with Crippen molar-refractivity contribution in [2.45, 2.75) is 0 Å². The first-order chi connectivity index (χ1) is 1.73. The standard InChI is InChI=1S/CF3.Os/c2-1(3)4;/q-1;+1. The Balaban J connectivity index is 0. The van der Waals surface area contributed by atoms with E-state index in [4.69, 9.17) is 0 Å². The Hall–Kier alpha value is 0.426. The summed E-state index contributed by atoms with van der Waals surface area (Å²) in [6.07, 6.45) is 0. The van der Waals surface area contributed by atoms with Gasteiger partial charge in [0, 0.05) is 0 Å². The van der Waals surface area contributed by atoms with E-state index in [1.807, 2.05) is 0 Å². The fraction of sp³-hybridized carbons (Fsp3) is 0. The van der Waals surface area contributed by atoms with Crippen LogP contribution in [0.5, 0.6) is 0 Å². The minimum Gasteiger partial charge on any atom is -0.385 e. The van der Waals surface area contributed by atoms with Crippen molar-refractivity contribution < 1.29 is 33.0 Å². The van der Waals surface area contributed by atoms with Gasteiger partial charge in [-0.3, -0.25) is 0 Å². The molecule has 0 spiro atoms. The van der Waals surface area contributed by atoms with Crippen LogP contribution >= 0.6 is 0 Å². The molecule has 0 atom stereocenters. The maximum Gasteiger partial charge on any atom is 1.00 e. The van der Waals surface area contributed by atoms with Gasteiger partial charge < -0.3 is 13.2 Å². The van der Waals surface area contributed by atoms with E-state index in [0.29, 0.717) is 0 Å². The minimum absolute atomic E-state index is 0. The zero-order valence-corrected chi connectivity index (χ0v) is 4.53. The van der Waals surface area contributed by atoms with Gasteiger partial charge in [0.25, 0.3) is 0 Å². The maximum atomic E-state index is 9.58. The van der Waals surface area contributed by atoms with Crippen molar-refractivity contribution in [1.29, 1.82) is 0 Å². The fourth-order valence-corrected chi connectivity index (χ4v) is 0. The molecule has 4 heteroatoms. The molecule has 0 aliphatic carbocycles. The zero-order chi connectivity index (χ0) is 3.58. The quantitative estimate of drug-likeness (QED) is 0.576. The second-order valence-corrected chi connectivity index (χ2v) is 0.214. The summed E-state index contributed by atoms with van der Waals surface area (Å²) >= 11 is 0. The predicted octanol–water partition coefficient (Wildman–Crippen LogP) is 1.34.